The van der Waals surface area contributed by atoms with Gasteiger partial charge >= 0.3 is 0 Å². The summed E-state index contributed by atoms with van der Waals surface area (Å²) in [6, 6.07) is 9.91. The van der Waals surface area contributed by atoms with Crippen LogP contribution in [0.2, 0.25) is 0 Å². The Hall–Kier alpha value is -2.05. The summed E-state index contributed by atoms with van der Waals surface area (Å²) >= 11 is 0. The Morgan fingerprint density at radius 3 is 2.10 bits per heavy atom. The molecule has 2 aromatic rings. The van der Waals surface area contributed by atoms with Crippen molar-refractivity contribution < 1.29 is 17.8 Å². The number of pyridine rings is 1. The molecule has 104 valence electrons. The van der Waals surface area contributed by atoms with Crippen molar-refractivity contribution >= 4 is 15.9 Å². The lowest BCUT2D eigenvalue weighted by Crippen LogP contribution is -2.07. The summed E-state index contributed by atoms with van der Waals surface area (Å²) in [6.07, 6.45) is 3.31. The third kappa shape index (κ3) is 3.97. The van der Waals surface area contributed by atoms with E-state index in [1.54, 1.807) is 48.8 Å². The van der Waals surface area contributed by atoms with Gasteiger partial charge in [-0.05, 0) is 24.1 Å². The van der Waals surface area contributed by atoms with E-state index >= 15 is 0 Å². The van der Waals surface area contributed by atoms with E-state index in [2.05, 4.69) is 4.98 Å². The average Bonchev–Trinajstić information content (AvgIpc) is 2.45. The van der Waals surface area contributed by atoms with Crippen LogP contribution in [0.25, 0.3) is 0 Å². The molecule has 0 radical (unpaired) electrons. The zero-order valence-electron chi connectivity index (χ0n) is 10.6. The number of hydrogen-bond donors (Lipinski definition) is 1. The number of aryl methyl sites for hydroxylation is 1. The first kappa shape index (κ1) is 14.4. The molecule has 1 N–H and O–H groups in total. The van der Waals surface area contributed by atoms with Crippen molar-refractivity contribution in [3.8, 4) is 0 Å². The van der Waals surface area contributed by atoms with Gasteiger partial charge in [0.1, 0.15) is 0 Å². The molecule has 1 aromatic heterocycles. The highest BCUT2D eigenvalue weighted by molar-refractivity contribution is 7.85. The number of rotatable bonds is 5. The van der Waals surface area contributed by atoms with E-state index in [0.717, 1.165) is 5.56 Å². The van der Waals surface area contributed by atoms with Gasteiger partial charge in [-0.1, -0.05) is 24.3 Å². The standard InChI is InChI=1S/C14H13NO4S/c16-14(13-5-8-15-9-6-13)12-3-1-11(2-4-12)7-10-20(17,18)19/h1-6,8-9H,7,10H2,(H,17,18,19). The number of ketones is 1. The fraction of sp³-hybridized carbons (Fsp3) is 0.143. The molecule has 0 spiro atoms. The van der Waals surface area contributed by atoms with E-state index in [0.29, 0.717) is 11.1 Å². The molecule has 2 rings (SSSR count). The van der Waals surface area contributed by atoms with Gasteiger partial charge in [0.25, 0.3) is 10.1 Å². The van der Waals surface area contributed by atoms with Gasteiger partial charge < -0.3 is 0 Å². The number of carbonyl (C=O) groups is 1. The Morgan fingerprint density at radius 1 is 1.00 bits per heavy atom. The summed E-state index contributed by atoms with van der Waals surface area (Å²) in [6.45, 7) is 0. The largest absolute Gasteiger partial charge is 0.289 e. The first-order valence-electron chi connectivity index (χ1n) is 5.94. The molecule has 5 nitrogen and oxygen atoms in total. The van der Waals surface area contributed by atoms with Crippen molar-refractivity contribution in [2.45, 2.75) is 6.42 Å². The number of hydrogen-bond acceptors (Lipinski definition) is 4. The average molecular weight is 291 g/mol. The first-order valence-corrected chi connectivity index (χ1v) is 7.55. The zero-order chi connectivity index (χ0) is 14.6. The van der Waals surface area contributed by atoms with Gasteiger partial charge in [0.15, 0.2) is 5.78 Å². The van der Waals surface area contributed by atoms with Crippen LogP contribution in [0.5, 0.6) is 0 Å². The van der Waals surface area contributed by atoms with Gasteiger partial charge in [0.2, 0.25) is 0 Å². The Morgan fingerprint density at radius 2 is 1.55 bits per heavy atom. The van der Waals surface area contributed by atoms with Gasteiger partial charge in [-0.3, -0.25) is 14.3 Å². The van der Waals surface area contributed by atoms with Gasteiger partial charge in [-0.15, -0.1) is 0 Å². The number of benzene rings is 1. The van der Waals surface area contributed by atoms with E-state index in [1.807, 2.05) is 0 Å². The highest BCUT2D eigenvalue weighted by Crippen LogP contribution is 2.11. The Balaban J connectivity index is 2.11. The maximum absolute atomic E-state index is 12.1. The fourth-order valence-corrected chi connectivity index (χ4v) is 2.23. The summed E-state index contributed by atoms with van der Waals surface area (Å²) in [5.74, 6) is -0.446. The van der Waals surface area contributed by atoms with Crippen LogP contribution in [-0.2, 0) is 16.5 Å². The van der Waals surface area contributed by atoms with Gasteiger partial charge in [-0.25, -0.2) is 0 Å². The van der Waals surface area contributed by atoms with Crippen molar-refractivity contribution in [1.29, 1.82) is 0 Å². The summed E-state index contributed by atoms with van der Waals surface area (Å²) in [5.41, 5.74) is 1.81. The SMILES string of the molecule is O=C(c1ccncc1)c1ccc(CCS(=O)(=O)O)cc1. The smallest absolute Gasteiger partial charge is 0.265 e. The minimum absolute atomic E-state index is 0.117. The molecule has 1 heterocycles. The lowest BCUT2D eigenvalue weighted by atomic mass is 10.0. The Labute approximate surface area is 117 Å². The van der Waals surface area contributed by atoms with E-state index < -0.39 is 10.1 Å². The molecule has 0 bridgehead atoms. The summed E-state index contributed by atoms with van der Waals surface area (Å²) < 4.78 is 30.0. The summed E-state index contributed by atoms with van der Waals surface area (Å²) in [5, 5.41) is 0. The topological polar surface area (TPSA) is 84.3 Å². The first-order chi connectivity index (χ1) is 9.46. The van der Waals surface area contributed by atoms with Crippen molar-refractivity contribution in [3.05, 3.63) is 65.5 Å². The monoisotopic (exact) mass is 291 g/mol. The lowest BCUT2D eigenvalue weighted by Gasteiger charge is -2.03. The fourth-order valence-electron chi connectivity index (χ4n) is 1.74. The van der Waals surface area contributed by atoms with Crippen LogP contribution >= 0.6 is 0 Å². The van der Waals surface area contributed by atoms with Gasteiger partial charge in [0, 0.05) is 23.5 Å². The molecule has 0 amide bonds. The normalized spacial score (nSPS) is 11.2. The molecule has 0 saturated heterocycles. The molecule has 0 atom stereocenters. The molecule has 0 aliphatic rings. The van der Waals surface area contributed by atoms with Crippen LogP contribution in [-0.4, -0.2) is 29.5 Å². The van der Waals surface area contributed by atoms with Crippen molar-refractivity contribution in [2.75, 3.05) is 5.75 Å². The van der Waals surface area contributed by atoms with E-state index in [4.69, 9.17) is 4.55 Å². The zero-order valence-corrected chi connectivity index (χ0v) is 11.4. The van der Waals surface area contributed by atoms with Gasteiger partial charge in [0.05, 0.1) is 5.75 Å². The van der Waals surface area contributed by atoms with Crippen LogP contribution in [0.3, 0.4) is 0 Å². The third-order valence-electron chi connectivity index (χ3n) is 2.81. The van der Waals surface area contributed by atoms with E-state index in [-0.39, 0.29) is 18.0 Å². The summed E-state index contributed by atoms with van der Waals surface area (Å²) in [4.78, 5) is 16.0. The molecule has 0 unspecified atom stereocenters. The number of aromatic nitrogens is 1. The van der Waals surface area contributed by atoms with Crippen LogP contribution in [0.1, 0.15) is 21.5 Å². The second-order valence-electron chi connectivity index (χ2n) is 4.30. The maximum atomic E-state index is 12.1. The highest BCUT2D eigenvalue weighted by Gasteiger charge is 2.09. The molecule has 0 fully saturated rings. The molecule has 1 aromatic carbocycles. The van der Waals surface area contributed by atoms with Crippen molar-refractivity contribution in [2.24, 2.45) is 0 Å². The second-order valence-corrected chi connectivity index (χ2v) is 5.87. The lowest BCUT2D eigenvalue weighted by molar-refractivity contribution is 0.103. The van der Waals surface area contributed by atoms with E-state index in [1.165, 1.54) is 0 Å². The Kier molecular flexibility index (Phi) is 4.26. The van der Waals surface area contributed by atoms with Crippen LogP contribution < -0.4 is 0 Å². The molecule has 6 heteroatoms. The maximum Gasteiger partial charge on any atom is 0.265 e. The third-order valence-corrected chi connectivity index (χ3v) is 3.53. The second kappa shape index (κ2) is 5.94. The van der Waals surface area contributed by atoms with E-state index in [9.17, 15) is 13.2 Å². The number of nitrogens with zero attached hydrogens (tertiary/aromatic N) is 1. The molecule has 0 aliphatic carbocycles. The summed E-state index contributed by atoms with van der Waals surface area (Å²) in [7, 11) is -3.97. The minimum Gasteiger partial charge on any atom is -0.289 e. The van der Waals surface area contributed by atoms with Gasteiger partial charge in [-0.2, -0.15) is 8.42 Å². The number of carbonyl (C=O) groups excluding carboxylic acids is 1. The van der Waals surface area contributed by atoms with Crippen LogP contribution in [0, 0.1) is 0 Å². The Bertz CT molecular complexity index is 694. The predicted octanol–water partition coefficient (Wildman–Crippen LogP) is 1.74. The molecule has 0 aliphatic heterocycles. The van der Waals surface area contributed by atoms with Crippen molar-refractivity contribution in [1.82, 2.24) is 4.98 Å². The van der Waals surface area contributed by atoms with Crippen molar-refractivity contribution in [3.63, 3.8) is 0 Å². The molecule has 0 saturated carbocycles. The predicted molar refractivity (Wildman–Crippen MR) is 74.2 cm³/mol. The molecular weight excluding hydrogens is 278 g/mol. The quantitative estimate of drug-likeness (QED) is 0.670. The molecular formula is C14H13NO4S. The van der Waals surface area contributed by atoms with Crippen LogP contribution in [0.15, 0.2) is 48.8 Å². The highest BCUT2D eigenvalue weighted by atomic mass is 32.2. The van der Waals surface area contributed by atoms with Crippen LogP contribution in [0.4, 0.5) is 0 Å². The minimum atomic E-state index is -3.97. The molecule has 20 heavy (non-hydrogen) atoms.